The Kier molecular flexibility index (Phi) is 133. The van der Waals surface area contributed by atoms with Gasteiger partial charge < -0.3 is 0 Å². The molecule has 25 valence electrons. The van der Waals surface area contributed by atoms with E-state index in [1.807, 2.05) is 0 Å². The van der Waals surface area contributed by atoms with Gasteiger partial charge in [0.2, 0.25) is 0 Å². The Morgan fingerprint density at radius 2 is 1.00 bits per heavy atom. The van der Waals surface area contributed by atoms with Crippen LogP contribution < -0.4 is 0 Å². The average molecular weight is 455 g/mol. The molecule has 0 aliphatic carbocycles. The maximum atomic E-state index is 0. The molecule has 0 unspecified atom stereocenters. The van der Waals surface area contributed by atoms with Crippen LogP contribution in [-0.2, 0) is 64.2 Å². The first kappa shape index (κ1) is 30.4. The van der Waals surface area contributed by atoms with Gasteiger partial charge in [-0.1, -0.05) is 0 Å². The Labute approximate surface area is 80.1 Å². The molecule has 4 heteroatoms. The van der Waals surface area contributed by atoms with Gasteiger partial charge in [-0.25, -0.2) is 0 Å². The minimum Gasteiger partial charge on any atom is 0 e. The normalized spacial score (nSPS) is 0. The number of rotatable bonds is 0. The molecule has 0 rings (SSSR count). The van der Waals surface area contributed by atoms with Crippen molar-refractivity contribution in [2.75, 3.05) is 0 Å². The van der Waals surface area contributed by atoms with Crippen molar-refractivity contribution >= 4 is 17.1 Å². The van der Waals surface area contributed by atoms with Crippen molar-refractivity contribution in [2.45, 2.75) is 0 Å². The molecule has 0 aromatic carbocycles. The van der Waals surface area contributed by atoms with E-state index in [0.29, 0.717) is 0 Å². The second-order valence-electron chi connectivity index (χ2n) is 0. The van der Waals surface area contributed by atoms with E-state index >= 15 is 0 Å². The molecule has 0 aliphatic heterocycles. The average Bonchev–Trinajstić information content (AvgIpc) is 0. The van der Waals surface area contributed by atoms with E-state index in [1.165, 1.54) is 0 Å². The van der Waals surface area contributed by atoms with Crippen LogP contribution in [0, 0.1) is 0 Å². The van der Waals surface area contributed by atoms with Crippen LogP contribution in [0.2, 0.25) is 0 Å². The van der Waals surface area contributed by atoms with Crippen molar-refractivity contribution < 1.29 is 64.2 Å². The fraction of sp³-hybridized carbons (Fsp3) is 0. The molecule has 0 heterocycles. The van der Waals surface area contributed by atoms with Crippen LogP contribution >= 0.6 is 0 Å². The first-order valence-corrected chi connectivity index (χ1v) is 0. The molecule has 0 saturated carbocycles. The SMILES string of the molecule is [Nb].[Ru].[SeH].[Ta]. The largest absolute Gasteiger partial charge is 0 e. The van der Waals surface area contributed by atoms with Crippen LogP contribution in [0.15, 0.2) is 0 Å². The molecule has 0 bridgehead atoms. The van der Waals surface area contributed by atoms with Crippen LogP contribution in [0.1, 0.15) is 0 Å². The Morgan fingerprint density at radius 1 is 1.00 bits per heavy atom. The summed E-state index contributed by atoms with van der Waals surface area (Å²) in [5, 5.41) is 0. The van der Waals surface area contributed by atoms with E-state index in [9.17, 15) is 0 Å². The van der Waals surface area contributed by atoms with Gasteiger partial charge in [0.25, 0.3) is 0 Å². The molecule has 0 amide bonds. The predicted molar refractivity (Wildman–Crippen MR) is 7.15 cm³/mol. The number of hydrogen-bond donors (Lipinski definition) is 0. The summed E-state index contributed by atoms with van der Waals surface area (Å²) in [7, 11) is 0. The fourth-order valence-electron chi connectivity index (χ4n) is 0. The molecule has 4 heavy (non-hydrogen) atoms. The zero-order chi connectivity index (χ0) is 0. The van der Waals surface area contributed by atoms with Gasteiger partial charge >= 0.3 is 17.1 Å². The summed E-state index contributed by atoms with van der Waals surface area (Å²) in [5.41, 5.74) is 0. The van der Waals surface area contributed by atoms with Crippen LogP contribution in [0.5, 0.6) is 0 Å². The Balaban J connectivity index is 0. The summed E-state index contributed by atoms with van der Waals surface area (Å²) in [6, 6.07) is 0. The zero-order valence-corrected chi connectivity index (χ0v) is 10.7. The van der Waals surface area contributed by atoms with Crippen molar-refractivity contribution in [3.8, 4) is 0 Å². The predicted octanol–water partition coefficient (Wildman–Crippen LogP) is -0.656. The molecule has 0 N–H and O–H groups in total. The van der Waals surface area contributed by atoms with Gasteiger partial charge in [-0.2, -0.15) is 0 Å². The molecule has 3 radical (unpaired) electrons. The molecule has 0 aromatic heterocycles. The molecule has 0 fully saturated rings. The minimum atomic E-state index is 0. The van der Waals surface area contributed by atoms with Crippen LogP contribution in [0.3, 0.4) is 0 Å². The van der Waals surface area contributed by atoms with E-state index in [1.54, 1.807) is 0 Å². The first-order chi connectivity index (χ1) is 0. The minimum absolute atomic E-state index is 0. The van der Waals surface area contributed by atoms with Crippen LogP contribution in [0.25, 0.3) is 0 Å². The van der Waals surface area contributed by atoms with Gasteiger partial charge in [-0.3, -0.25) is 0 Å². The summed E-state index contributed by atoms with van der Waals surface area (Å²) in [6.07, 6.45) is 0. The van der Waals surface area contributed by atoms with Crippen molar-refractivity contribution in [1.82, 2.24) is 0 Å². The second kappa shape index (κ2) is 17.5. The van der Waals surface area contributed by atoms with E-state index in [-0.39, 0.29) is 81.3 Å². The smallest absolute Gasteiger partial charge is 0 e. The van der Waals surface area contributed by atoms with E-state index in [0.717, 1.165) is 0 Å². The maximum absolute atomic E-state index is 0. The molecule has 0 nitrogen and oxygen atoms in total. The van der Waals surface area contributed by atoms with Gasteiger partial charge in [0.15, 0.2) is 0 Å². The van der Waals surface area contributed by atoms with Crippen LogP contribution in [0.4, 0.5) is 0 Å². The summed E-state index contributed by atoms with van der Waals surface area (Å²) in [6.45, 7) is 0. The second-order valence-corrected chi connectivity index (χ2v) is 0. The standard InChI is InChI=1S/Nb.Ru.HSe.Ta/h;;1H;. The molecular formula is HNbRuSeTa. The molecular weight excluding hydrogens is 454 g/mol. The third kappa shape index (κ3) is 8.82. The summed E-state index contributed by atoms with van der Waals surface area (Å²) >= 11 is 0. The topological polar surface area (TPSA) is 0 Å². The Bertz CT molecular complexity index is 8.00. The van der Waals surface area contributed by atoms with Gasteiger partial charge in [0.05, 0.1) is 0 Å². The van der Waals surface area contributed by atoms with E-state index in [2.05, 4.69) is 0 Å². The quantitative estimate of drug-likeness (QED) is 0.427. The monoisotopic (exact) mass is 457 g/mol. The molecule has 0 saturated heterocycles. The van der Waals surface area contributed by atoms with Crippen LogP contribution in [-0.4, -0.2) is 17.1 Å². The summed E-state index contributed by atoms with van der Waals surface area (Å²) in [4.78, 5) is 0. The van der Waals surface area contributed by atoms with Gasteiger partial charge in [-0.05, 0) is 0 Å². The summed E-state index contributed by atoms with van der Waals surface area (Å²) in [5.74, 6) is 0. The molecule has 0 aromatic rings. The van der Waals surface area contributed by atoms with Gasteiger partial charge in [0.1, 0.15) is 0 Å². The van der Waals surface area contributed by atoms with Crippen molar-refractivity contribution in [2.24, 2.45) is 0 Å². The van der Waals surface area contributed by atoms with Gasteiger partial charge in [-0.15, -0.1) is 0 Å². The molecule has 0 aliphatic rings. The summed E-state index contributed by atoms with van der Waals surface area (Å²) < 4.78 is 0. The van der Waals surface area contributed by atoms with E-state index < -0.39 is 0 Å². The van der Waals surface area contributed by atoms with Crippen molar-refractivity contribution in [3.63, 3.8) is 0 Å². The third-order valence-electron chi connectivity index (χ3n) is 0. The third-order valence-corrected chi connectivity index (χ3v) is 0. The molecule has 0 spiro atoms. The van der Waals surface area contributed by atoms with Crippen molar-refractivity contribution in [1.29, 1.82) is 0 Å². The van der Waals surface area contributed by atoms with Crippen molar-refractivity contribution in [3.05, 3.63) is 0 Å². The van der Waals surface area contributed by atoms with E-state index in [4.69, 9.17) is 0 Å². The first-order valence-electron chi connectivity index (χ1n) is 0. The Hall–Kier alpha value is 2.62. The zero-order valence-electron chi connectivity index (χ0n) is 1.70. The van der Waals surface area contributed by atoms with Gasteiger partial charge in [0, 0.05) is 64.2 Å². The maximum Gasteiger partial charge on any atom is 0 e. The Morgan fingerprint density at radius 3 is 1.00 bits per heavy atom. The fourth-order valence-corrected chi connectivity index (χ4v) is 0. The molecule has 0 atom stereocenters. The number of hydrogen-bond acceptors (Lipinski definition) is 0.